The lowest BCUT2D eigenvalue weighted by atomic mass is 9.44. The molecule has 10 atom stereocenters. The molecule has 30 heavy (non-hydrogen) atoms. The van der Waals surface area contributed by atoms with Crippen LogP contribution in [0.1, 0.15) is 119 Å². The zero-order chi connectivity index (χ0) is 21.7. The van der Waals surface area contributed by atoms with Gasteiger partial charge in [0.2, 0.25) is 0 Å². The Morgan fingerprint density at radius 1 is 0.833 bits per heavy atom. The third-order valence-electron chi connectivity index (χ3n) is 11.9. The Morgan fingerprint density at radius 3 is 2.23 bits per heavy atom. The molecule has 4 aliphatic rings. The predicted molar refractivity (Wildman–Crippen MR) is 128 cm³/mol. The highest BCUT2D eigenvalue weighted by Gasteiger charge is 2.60. The van der Waals surface area contributed by atoms with Gasteiger partial charge in [-0.15, -0.1) is 0 Å². The Bertz CT molecular complexity index is 583. The van der Waals surface area contributed by atoms with E-state index in [1.54, 1.807) is 0 Å². The minimum Gasteiger partial charge on any atom is -0.393 e. The lowest BCUT2D eigenvalue weighted by molar-refractivity contribution is -0.129. The van der Waals surface area contributed by atoms with Gasteiger partial charge in [0.25, 0.3) is 0 Å². The van der Waals surface area contributed by atoms with Crippen molar-refractivity contribution in [1.82, 2.24) is 0 Å². The molecule has 4 rings (SSSR count). The molecule has 0 aromatic carbocycles. The largest absolute Gasteiger partial charge is 0.393 e. The summed E-state index contributed by atoms with van der Waals surface area (Å²) in [7, 11) is 0. The number of hydrogen-bond acceptors (Lipinski definition) is 1. The summed E-state index contributed by atoms with van der Waals surface area (Å²) in [6.07, 6.45) is 16.5. The van der Waals surface area contributed by atoms with Gasteiger partial charge in [0.05, 0.1) is 6.10 Å². The Labute approximate surface area is 188 Å². The monoisotopic (exact) mass is 416 g/mol. The van der Waals surface area contributed by atoms with E-state index in [0.29, 0.717) is 10.8 Å². The van der Waals surface area contributed by atoms with Crippen molar-refractivity contribution in [3.8, 4) is 0 Å². The summed E-state index contributed by atoms with van der Waals surface area (Å²) in [5.74, 6) is 7.34. The third-order valence-corrected chi connectivity index (χ3v) is 11.9. The number of aliphatic hydroxyl groups is 1. The SMILES string of the molecule is CC[C@H](CC[C@@H](C)[C@@H]1CC[C@H]2[C@@H]3CC[C@H]4C[C@@H](O)CC[C@]4(C)[C@@H]3CC[C@]21C)C(C)C. The molecule has 0 amide bonds. The van der Waals surface area contributed by atoms with Gasteiger partial charge in [-0.1, -0.05) is 54.4 Å². The van der Waals surface area contributed by atoms with Crippen LogP contribution in [0, 0.1) is 58.2 Å². The molecule has 0 aromatic rings. The van der Waals surface area contributed by atoms with Crippen LogP contribution in [0.4, 0.5) is 0 Å². The maximum atomic E-state index is 10.3. The molecule has 0 spiro atoms. The molecule has 0 heterocycles. The first kappa shape index (κ1) is 23.1. The number of hydrogen-bond donors (Lipinski definition) is 1. The summed E-state index contributed by atoms with van der Waals surface area (Å²) in [5.41, 5.74) is 1.14. The molecule has 0 saturated heterocycles. The highest BCUT2D eigenvalue weighted by atomic mass is 16.3. The van der Waals surface area contributed by atoms with Crippen LogP contribution in [-0.4, -0.2) is 11.2 Å². The van der Waals surface area contributed by atoms with Gasteiger partial charge in [-0.3, -0.25) is 0 Å². The van der Waals surface area contributed by atoms with Crippen LogP contribution in [0.15, 0.2) is 0 Å². The van der Waals surface area contributed by atoms with Gasteiger partial charge in [0, 0.05) is 0 Å². The van der Waals surface area contributed by atoms with E-state index in [1.807, 2.05) is 0 Å². The molecule has 174 valence electrons. The van der Waals surface area contributed by atoms with E-state index in [1.165, 1.54) is 64.2 Å². The summed E-state index contributed by atoms with van der Waals surface area (Å²) in [6.45, 7) is 15.2. The summed E-state index contributed by atoms with van der Waals surface area (Å²) in [6, 6.07) is 0. The van der Waals surface area contributed by atoms with Gasteiger partial charge in [-0.25, -0.2) is 0 Å². The fourth-order valence-electron chi connectivity index (χ4n) is 9.90. The van der Waals surface area contributed by atoms with E-state index in [2.05, 4.69) is 41.5 Å². The molecule has 0 aliphatic heterocycles. The van der Waals surface area contributed by atoms with Crippen LogP contribution >= 0.6 is 0 Å². The minimum absolute atomic E-state index is 0.0111. The third kappa shape index (κ3) is 3.82. The lowest BCUT2D eigenvalue weighted by Gasteiger charge is -2.61. The Balaban J connectivity index is 1.45. The topological polar surface area (TPSA) is 20.2 Å². The van der Waals surface area contributed by atoms with Crippen molar-refractivity contribution in [3.05, 3.63) is 0 Å². The van der Waals surface area contributed by atoms with Crippen molar-refractivity contribution in [2.45, 2.75) is 125 Å². The van der Waals surface area contributed by atoms with Crippen LogP contribution in [0.5, 0.6) is 0 Å². The quantitative estimate of drug-likeness (QED) is 0.463. The highest BCUT2D eigenvalue weighted by molar-refractivity contribution is 5.09. The lowest BCUT2D eigenvalue weighted by Crippen LogP contribution is -2.54. The second-order valence-electron chi connectivity index (χ2n) is 13.3. The smallest absolute Gasteiger partial charge is 0.0543 e. The van der Waals surface area contributed by atoms with Gasteiger partial charge >= 0.3 is 0 Å². The van der Waals surface area contributed by atoms with Gasteiger partial charge < -0.3 is 5.11 Å². The second-order valence-corrected chi connectivity index (χ2v) is 13.3. The van der Waals surface area contributed by atoms with E-state index in [4.69, 9.17) is 0 Å². The summed E-state index contributed by atoms with van der Waals surface area (Å²) >= 11 is 0. The maximum absolute atomic E-state index is 10.3. The number of aliphatic hydroxyl groups excluding tert-OH is 1. The Kier molecular flexibility index (Phi) is 6.72. The minimum atomic E-state index is -0.0111. The zero-order valence-corrected chi connectivity index (χ0v) is 21.1. The molecule has 4 saturated carbocycles. The van der Waals surface area contributed by atoms with Crippen molar-refractivity contribution < 1.29 is 5.11 Å². The fourth-order valence-corrected chi connectivity index (χ4v) is 9.90. The zero-order valence-electron chi connectivity index (χ0n) is 21.1. The molecule has 0 bridgehead atoms. The first-order valence-electron chi connectivity index (χ1n) is 13.9. The summed E-state index contributed by atoms with van der Waals surface area (Å²) < 4.78 is 0. The molecular formula is C29H52O. The molecule has 0 aromatic heterocycles. The number of fused-ring (bicyclic) bond motifs is 5. The molecular weight excluding hydrogens is 364 g/mol. The molecule has 0 radical (unpaired) electrons. The van der Waals surface area contributed by atoms with Crippen molar-refractivity contribution in [2.24, 2.45) is 58.2 Å². The van der Waals surface area contributed by atoms with E-state index in [0.717, 1.165) is 60.2 Å². The Hall–Kier alpha value is -0.0400. The van der Waals surface area contributed by atoms with Crippen molar-refractivity contribution in [1.29, 1.82) is 0 Å². The predicted octanol–water partition coefficient (Wildman–Crippen LogP) is 8.10. The van der Waals surface area contributed by atoms with Crippen molar-refractivity contribution >= 4 is 0 Å². The Morgan fingerprint density at radius 2 is 1.53 bits per heavy atom. The second kappa shape index (κ2) is 8.72. The standard InChI is InChI=1S/C29H52O/c1-7-21(19(2)3)9-8-20(4)25-12-13-26-24-11-10-22-18-23(30)14-16-28(22,5)27(24)15-17-29(25,26)6/h19-27,30H,7-18H2,1-6H3/t20-,21-,22+,23+,24+,25+,26+,27-,28+,29+/m1/s1. The first-order valence-corrected chi connectivity index (χ1v) is 13.9. The normalized spacial score (nSPS) is 48.0. The fraction of sp³-hybridized carbons (Fsp3) is 1.00. The van der Waals surface area contributed by atoms with Crippen LogP contribution in [0.25, 0.3) is 0 Å². The van der Waals surface area contributed by atoms with Crippen molar-refractivity contribution in [3.63, 3.8) is 0 Å². The molecule has 4 aliphatic carbocycles. The summed E-state index contributed by atoms with van der Waals surface area (Å²) in [4.78, 5) is 0. The van der Waals surface area contributed by atoms with E-state index < -0.39 is 0 Å². The van der Waals surface area contributed by atoms with Gasteiger partial charge in [0.15, 0.2) is 0 Å². The van der Waals surface area contributed by atoms with Crippen LogP contribution in [0.2, 0.25) is 0 Å². The van der Waals surface area contributed by atoms with E-state index >= 15 is 0 Å². The number of rotatable bonds is 6. The highest BCUT2D eigenvalue weighted by Crippen LogP contribution is 2.68. The molecule has 1 heteroatoms. The average molecular weight is 417 g/mol. The van der Waals surface area contributed by atoms with E-state index in [-0.39, 0.29) is 6.10 Å². The van der Waals surface area contributed by atoms with Gasteiger partial charge in [0.1, 0.15) is 0 Å². The summed E-state index contributed by atoms with van der Waals surface area (Å²) in [5, 5.41) is 10.3. The van der Waals surface area contributed by atoms with Crippen molar-refractivity contribution in [2.75, 3.05) is 0 Å². The molecule has 1 nitrogen and oxygen atoms in total. The van der Waals surface area contributed by atoms with Gasteiger partial charge in [-0.2, -0.15) is 0 Å². The van der Waals surface area contributed by atoms with Crippen LogP contribution in [-0.2, 0) is 0 Å². The van der Waals surface area contributed by atoms with Crippen LogP contribution in [0.3, 0.4) is 0 Å². The van der Waals surface area contributed by atoms with Gasteiger partial charge in [-0.05, 0) is 122 Å². The molecule has 0 unspecified atom stereocenters. The van der Waals surface area contributed by atoms with Crippen LogP contribution < -0.4 is 0 Å². The average Bonchev–Trinajstić information content (AvgIpc) is 3.06. The van der Waals surface area contributed by atoms with E-state index in [9.17, 15) is 5.11 Å². The maximum Gasteiger partial charge on any atom is 0.0543 e. The first-order chi connectivity index (χ1) is 14.2. The molecule has 4 fully saturated rings. The molecule has 1 N–H and O–H groups in total.